The average molecular weight is 341 g/mol. The van der Waals surface area contributed by atoms with Gasteiger partial charge in [0.1, 0.15) is 0 Å². The number of rotatable bonds is 3. The molecular weight excluding hydrogens is 322 g/mol. The van der Waals surface area contributed by atoms with Crippen molar-refractivity contribution >= 4 is 11.8 Å². The molecule has 9 nitrogen and oxygen atoms in total. The van der Waals surface area contributed by atoms with Crippen LogP contribution >= 0.6 is 0 Å². The number of hydrogen-bond donors (Lipinski definition) is 1. The molecular formula is C16H19N7O2. The molecule has 1 saturated carbocycles. The van der Waals surface area contributed by atoms with E-state index in [1.807, 2.05) is 9.58 Å². The first kappa shape index (κ1) is 14.6. The van der Waals surface area contributed by atoms with Gasteiger partial charge in [-0.3, -0.25) is 19.0 Å². The fraction of sp³-hybridized carbons (Fsp3) is 0.562. The van der Waals surface area contributed by atoms with Crippen LogP contribution in [0.3, 0.4) is 0 Å². The molecule has 1 aliphatic carbocycles. The van der Waals surface area contributed by atoms with Crippen molar-refractivity contribution in [3.63, 3.8) is 0 Å². The number of aromatic nitrogens is 5. The molecule has 0 aromatic carbocycles. The highest BCUT2D eigenvalue weighted by Crippen LogP contribution is 2.46. The first-order valence-electron chi connectivity index (χ1n) is 8.63. The lowest BCUT2D eigenvalue weighted by atomic mass is 10.1. The van der Waals surface area contributed by atoms with Crippen molar-refractivity contribution in [3.05, 3.63) is 29.3 Å². The summed E-state index contributed by atoms with van der Waals surface area (Å²) >= 11 is 0. The number of carbonyl (C=O) groups is 2. The zero-order chi connectivity index (χ0) is 17.1. The van der Waals surface area contributed by atoms with Crippen molar-refractivity contribution < 1.29 is 9.59 Å². The van der Waals surface area contributed by atoms with Gasteiger partial charge >= 0.3 is 0 Å². The van der Waals surface area contributed by atoms with Crippen LogP contribution in [0.4, 0.5) is 0 Å². The molecule has 3 aliphatic rings. The third-order valence-corrected chi connectivity index (χ3v) is 5.58. The second-order valence-electron chi connectivity index (χ2n) is 7.15. The van der Waals surface area contributed by atoms with Crippen molar-refractivity contribution in [2.24, 2.45) is 18.9 Å². The number of nitrogens with zero attached hydrogens (tertiary/aromatic N) is 6. The fourth-order valence-electron chi connectivity index (χ4n) is 4.20. The van der Waals surface area contributed by atoms with Gasteiger partial charge in [0.15, 0.2) is 5.69 Å². The molecule has 2 aromatic heterocycles. The van der Waals surface area contributed by atoms with Gasteiger partial charge in [0.05, 0.1) is 23.7 Å². The van der Waals surface area contributed by atoms with E-state index in [0.717, 1.165) is 30.6 Å². The third-order valence-electron chi connectivity index (χ3n) is 5.58. The number of aryl methyl sites for hydroxylation is 2. The van der Waals surface area contributed by atoms with Crippen molar-refractivity contribution in [3.8, 4) is 0 Å². The zero-order valence-electron chi connectivity index (χ0n) is 13.9. The average Bonchev–Trinajstić information content (AvgIpc) is 3.16. The number of nitrogens with one attached hydrogen (secondary N) is 1. The lowest BCUT2D eigenvalue weighted by Gasteiger charge is -2.20. The molecule has 0 radical (unpaired) electrons. The van der Waals surface area contributed by atoms with Gasteiger partial charge in [0.25, 0.3) is 11.8 Å². The van der Waals surface area contributed by atoms with E-state index < -0.39 is 0 Å². The molecule has 1 N–H and O–H groups in total. The van der Waals surface area contributed by atoms with Crippen LogP contribution in [0.25, 0.3) is 0 Å². The minimum Gasteiger partial charge on any atom is -0.347 e. The first-order chi connectivity index (χ1) is 12.1. The van der Waals surface area contributed by atoms with Crippen LogP contribution in [0.1, 0.15) is 33.0 Å². The van der Waals surface area contributed by atoms with E-state index in [1.54, 1.807) is 19.4 Å². The van der Waals surface area contributed by atoms with Crippen LogP contribution in [0.2, 0.25) is 0 Å². The van der Waals surface area contributed by atoms with Crippen molar-refractivity contribution in [2.75, 3.05) is 13.1 Å². The Labute approximate surface area is 144 Å². The largest absolute Gasteiger partial charge is 0.347 e. The first-order valence-corrected chi connectivity index (χ1v) is 8.63. The van der Waals surface area contributed by atoms with Crippen LogP contribution in [0.5, 0.6) is 0 Å². The normalized spacial score (nSPS) is 26.4. The summed E-state index contributed by atoms with van der Waals surface area (Å²) in [7, 11) is 1.73. The van der Waals surface area contributed by atoms with Gasteiger partial charge in [-0.25, -0.2) is 0 Å². The molecule has 25 heavy (non-hydrogen) atoms. The zero-order valence-corrected chi connectivity index (χ0v) is 13.9. The Balaban J connectivity index is 1.20. The van der Waals surface area contributed by atoms with E-state index in [1.165, 1.54) is 4.68 Å². The monoisotopic (exact) mass is 341 g/mol. The topological polar surface area (TPSA) is 97.9 Å². The van der Waals surface area contributed by atoms with Crippen LogP contribution < -0.4 is 5.32 Å². The van der Waals surface area contributed by atoms with Gasteiger partial charge in [0.2, 0.25) is 0 Å². The van der Waals surface area contributed by atoms with E-state index in [9.17, 15) is 9.59 Å². The van der Waals surface area contributed by atoms with Gasteiger partial charge in [-0.2, -0.15) is 5.10 Å². The van der Waals surface area contributed by atoms with Crippen molar-refractivity contribution in [2.45, 2.75) is 25.4 Å². The van der Waals surface area contributed by atoms with E-state index in [0.29, 0.717) is 30.6 Å². The van der Waals surface area contributed by atoms with E-state index >= 15 is 0 Å². The Morgan fingerprint density at radius 1 is 1.28 bits per heavy atom. The minimum atomic E-state index is -0.195. The molecule has 2 fully saturated rings. The number of fused-ring (bicyclic) bond motifs is 2. The third kappa shape index (κ3) is 2.25. The Morgan fingerprint density at radius 2 is 2.08 bits per heavy atom. The fourth-order valence-corrected chi connectivity index (χ4v) is 4.20. The summed E-state index contributed by atoms with van der Waals surface area (Å²) in [6, 6.07) is 0.136. The summed E-state index contributed by atoms with van der Waals surface area (Å²) in [5.41, 5.74) is 2.15. The predicted molar refractivity (Wildman–Crippen MR) is 85.7 cm³/mol. The molecule has 0 spiro atoms. The van der Waals surface area contributed by atoms with Gasteiger partial charge in [-0.05, 0) is 12.8 Å². The van der Waals surface area contributed by atoms with Crippen molar-refractivity contribution in [1.82, 2.24) is 35.0 Å². The van der Waals surface area contributed by atoms with Crippen LogP contribution in [-0.2, 0) is 20.0 Å². The lowest BCUT2D eigenvalue weighted by molar-refractivity contribution is 0.0768. The molecule has 2 aliphatic heterocycles. The Hall–Kier alpha value is -2.71. The van der Waals surface area contributed by atoms with Gasteiger partial charge < -0.3 is 10.2 Å². The maximum atomic E-state index is 12.8. The minimum absolute atomic E-state index is 0.0781. The molecule has 1 unspecified atom stereocenters. The number of piperidine rings is 1. The molecule has 4 heterocycles. The lowest BCUT2D eigenvalue weighted by Crippen LogP contribution is -2.37. The summed E-state index contributed by atoms with van der Waals surface area (Å²) in [4.78, 5) is 26.8. The molecule has 0 bridgehead atoms. The number of likely N-dealkylation sites (tertiary alicyclic amines) is 1. The van der Waals surface area contributed by atoms with Gasteiger partial charge in [-0.15, -0.1) is 5.10 Å². The maximum absolute atomic E-state index is 12.8. The van der Waals surface area contributed by atoms with Gasteiger partial charge in [-0.1, -0.05) is 5.21 Å². The smallest absolute Gasteiger partial charge is 0.273 e. The molecule has 5 rings (SSSR count). The summed E-state index contributed by atoms with van der Waals surface area (Å²) in [6.07, 6.45) is 5.29. The maximum Gasteiger partial charge on any atom is 0.273 e. The molecule has 1 saturated heterocycles. The predicted octanol–water partition coefficient (Wildman–Crippen LogP) is -0.542. The molecule has 3 atom stereocenters. The quantitative estimate of drug-likeness (QED) is 0.808. The van der Waals surface area contributed by atoms with Crippen molar-refractivity contribution in [1.29, 1.82) is 0 Å². The van der Waals surface area contributed by atoms with Crippen LogP contribution in [0.15, 0.2) is 12.4 Å². The Bertz CT molecular complexity index is 858. The second kappa shape index (κ2) is 5.14. The van der Waals surface area contributed by atoms with E-state index in [2.05, 4.69) is 20.7 Å². The summed E-state index contributed by atoms with van der Waals surface area (Å²) in [5.74, 6) is 0.565. The highest BCUT2D eigenvalue weighted by atomic mass is 16.2. The molecule has 2 amide bonds. The Kier molecular flexibility index (Phi) is 3.01. The summed E-state index contributed by atoms with van der Waals surface area (Å²) in [5, 5.41) is 14.9. The highest BCUT2D eigenvalue weighted by molar-refractivity contribution is 5.96. The second-order valence-corrected chi connectivity index (χ2v) is 7.15. The standard InChI is InChI=1S/C16H19N7O2/c1-21-8-12(19-20-21)15(24)18-14-10-6-22(7-11(10)14)16(25)9-5-17-23-4-2-3-13(9)23/h5,8,10-11,14H,2-4,6-7H2,1H3,(H,18,24)/t10-,11+,14?. The highest BCUT2D eigenvalue weighted by Gasteiger charge is 2.57. The molecule has 9 heteroatoms. The van der Waals surface area contributed by atoms with Crippen LogP contribution in [0, 0.1) is 11.8 Å². The molecule has 130 valence electrons. The van der Waals surface area contributed by atoms with Crippen LogP contribution in [-0.4, -0.2) is 60.6 Å². The Morgan fingerprint density at radius 3 is 2.80 bits per heavy atom. The van der Waals surface area contributed by atoms with Gasteiger partial charge in [0, 0.05) is 44.6 Å². The SMILES string of the molecule is Cn1cc(C(=O)NC2[C@H]3CN(C(=O)c4cnn5c4CCC5)C[C@@H]23)nn1. The molecule has 2 aromatic rings. The van der Waals surface area contributed by atoms with E-state index in [-0.39, 0.29) is 17.9 Å². The van der Waals surface area contributed by atoms with E-state index in [4.69, 9.17) is 0 Å². The summed E-state index contributed by atoms with van der Waals surface area (Å²) < 4.78 is 3.45. The number of amides is 2. The number of hydrogen-bond acceptors (Lipinski definition) is 5. The number of carbonyl (C=O) groups excluding carboxylic acids is 2. The summed E-state index contributed by atoms with van der Waals surface area (Å²) in [6.45, 7) is 2.30.